The highest BCUT2D eigenvalue weighted by Gasteiger charge is 2.28. The van der Waals surface area contributed by atoms with E-state index in [-0.39, 0.29) is 18.3 Å². The van der Waals surface area contributed by atoms with Crippen LogP contribution < -0.4 is 20.1 Å². The lowest BCUT2D eigenvalue weighted by atomic mass is 10.0. The number of hydrogen-bond donors (Lipinski definition) is 2. The Hall–Kier alpha value is -2.24. The van der Waals surface area contributed by atoms with Gasteiger partial charge in [0, 0.05) is 30.3 Å². The molecule has 0 fully saturated rings. The number of halogens is 1. The molecule has 0 spiro atoms. The molecule has 5 nitrogen and oxygen atoms in total. The van der Waals surface area contributed by atoms with E-state index in [1.807, 2.05) is 48.5 Å². The number of amides is 1. The largest absolute Gasteiger partial charge is 0.446 e. The summed E-state index contributed by atoms with van der Waals surface area (Å²) < 4.78 is 11.6. The van der Waals surface area contributed by atoms with E-state index in [0.29, 0.717) is 30.6 Å². The van der Waals surface area contributed by atoms with Crippen LogP contribution in [0.25, 0.3) is 11.1 Å². The topological polar surface area (TPSA) is 59.6 Å². The SMILES string of the molecule is CC(C)NCCNC(=O)C1Oc2ccccc2-c2ccccc2O1.Cl. The van der Waals surface area contributed by atoms with Crippen molar-refractivity contribution in [1.82, 2.24) is 10.6 Å². The van der Waals surface area contributed by atoms with Crippen molar-refractivity contribution in [2.45, 2.75) is 26.2 Å². The summed E-state index contributed by atoms with van der Waals surface area (Å²) in [5, 5.41) is 6.10. The van der Waals surface area contributed by atoms with Crippen molar-refractivity contribution in [2.24, 2.45) is 0 Å². The highest BCUT2D eigenvalue weighted by atomic mass is 35.5. The Balaban J connectivity index is 0.00000225. The molecule has 1 aliphatic heterocycles. The molecular weight excluding hydrogens is 340 g/mol. The van der Waals surface area contributed by atoms with Crippen LogP contribution in [0.5, 0.6) is 11.5 Å². The summed E-state index contributed by atoms with van der Waals surface area (Å²) >= 11 is 0. The van der Waals surface area contributed by atoms with Crippen LogP contribution in [0.4, 0.5) is 0 Å². The summed E-state index contributed by atoms with van der Waals surface area (Å²) in [6.07, 6.45) is -1.01. The highest BCUT2D eigenvalue weighted by Crippen LogP contribution is 2.39. The Labute approximate surface area is 154 Å². The molecule has 1 amide bonds. The second-order valence-corrected chi connectivity index (χ2v) is 5.96. The van der Waals surface area contributed by atoms with Gasteiger partial charge in [-0.3, -0.25) is 4.79 Å². The number of ether oxygens (including phenoxy) is 2. The summed E-state index contributed by atoms with van der Waals surface area (Å²) in [6.45, 7) is 5.34. The van der Waals surface area contributed by atoms with Crippen LogP contribution in [0.1, 0.15) is 13.8 Å². The Kier molecular flexibility index (Phi) is 6.67. The van der Waals surface area contributed by atoms with Crippen molar-refractivity contribution in [3.8, 4) is 22.6 Å². The molecule has 0 unspecified atom stereocenters. The third-order valence-corrected chi connectivity index (χ3v) is 3.72. The molecule has 0 bridgehead atoms. The maximum absolute atomic E-state index is 12.4. The summed E-state index contributed by atoms with van der Waals surface area (Å²) in [6, 6.07) is 15.7. The Morgan fingerprint density at radius 2 is 1.48 bits per heavy atom. The third kappa shape index (κ3) is 4.65. The average molecular weight is 363 g/mol. The molecule has 1 heterocycles. The van der Waals surface area contributed by atoms with Crippen LogP contribution in [0.2, 0.25) is 0 Å². The van der Waals surface area contributed by atoms with E-state index in [2.05, 4.69) is 24.5 Å². The van der Waals surface area contributed by atoms with E-state index in [9.17, 15) is 4.79 Å². The molecule has 0 saturated heterocycles. The first-order valence-corrected chi connectivity index (χ1v) is 8.18. The van der Waals surface area contributed by atoms with E-state index >= 15 is 0 Å². The quantitative estimate of drug-likeness (QED) is 0.803. The van der Waals surface area contributed by atoms with Gasteiger partial charge < -0.3 is 20.1 Å². The van der Waals surface area contributed by atoms with Gasteiger partial charge in [-0.25, -0.2) is 0 Å². The minimum atomic E-state index is -1.01. The van der Waals surface area contributed by atoms with Crippen molar-refractivity contribution in [1.29, 1.82) is 0 Å². The maximum atomic E-state index is 12.4. The number of hydrogen-bond acceptors (Lipinski definition) is 4. The first-order valence-electron chi connectivity index (χ1n) is 8.18. The molecule has 0 radical (unpaired) electrons. The van der Waals surface area contributed by atoms with Crippen molar-refractivity contribution in [2.75, 3.05) is 13.1 Å². The molecular formula is C19H23ClN2O3. The lowest BCUT2D eigenvalue weighted by Gasteiger charge is -2.18. The van der Waals surface area contributed by atoms with Crippen LogP contribution in [0, 0.1) is 0 Å². The number of carbonyl (C=O) groups excluding carboxylic acids is 1. The van der Waals surface area contributed by atoms with Gasteiger partial charge in [-0.15, -0.1) is 12.4 Å². The fraction of sp³-hybridized carbons (Fsp3) is 0.316. The monoisotopic (exact) mass is 362 g/mol. The van der Waals surface area contributed by atoms with Gasteiger partial charge in [-0.05, 0) is 12.1 Å². The minimum Gasteiger partial charge on any atom is -0.446 e. The van der Waals surface area contributed by atoms with E-state index in [0.717, 1.165) is 11.1 Å². The minimum absolute atomic E-state index is 0. The normalized spacial score (nSPS) is 12.8. The number of benzene rings is 2. The van der Waals surface area contributed by atoms with Crippen LogP contribution >= 0.6 is 12.4 Å². The van der Waals surface area contributed by atoms with Crippen molar-refractivity contribution in [3.63, 3.8) is 0 Å². The van der Waals surface area contributed by atoms with Gasteiger partial charge in [-0.1, -0.05) is 50.2 Å². The van der Waals surface area contributed by atoms with Crippen molar-refractivity contribution in [3.05, 3.63) is 48.5 Å². The second kappa shape index (κ2) is 8.74. The Morgan fingerprint density at radius 3 is 2.00 bits per heavy atom. The molecule has 25 heavy (non-hydrogen) atoms. The summed E-state index contributed by atoms with van der Waals surface area (Å²) in [5.74, 6) is 0.998. The molecule has 6 heteroatoms. The van der Waals surface area contributed by atoms with Gasteiger partial charge in [0.2, 0.25) is 0 Å². The number of rotatable bonds is 5. The molecule has 0 aliphatic carbocycles. The van der Waals surface area contributed by atoms with Gasteiger partial charge in [0.05, 0.1) is 0 Å². The predicted octanol–water partition coefficient (Wildman–Crippen LogP) is 2.99. The van der Waals surface area contributed by atoms with E-state index < -0.39 is 6.29 Å². The number of carbonyl (C=O) groups is 1. The number of fused-ring (bicyclic) bond motifs is 3. The second-order valence-electron chi connectivity index (χ2n) is 5.96. The molecule has 0 atom stereocenters. The van der Waals surface area contributed by atoms with E-state index in [4.69, 9.17) is 9.47 Å². The van der Waals surface area contributed by atoms with Crippen molar-refractivity contribution < 1.29 is 14.3 Å². The van der Waals surface area contributed by atoms with Crippen molar-refractivity contribution >= 4 is 18.3 Å². The maximum Gasteiger partial charge on any atom is 0.321 e. The molecule has 3 rings (SSSR count). The van der Waals surface area contributed by atoms with Crippen LogP contribution in [-0.4, -0.2) is 31.3 Å². The zero-order chi connectivity index (χ0) is 16.9. The molecule has 1 aliphatic rings. The fourth-order valence-electron chi connectivity index (χ4n) is 2.58. The zero-order valence-corrected chi connectivity index (χ0v) is 15.1. The molecule has 134 valence electrons. The number of nitrogens with one attached hydrogen (secondary N) is 2. The molecule has 0 saturated carbocycles. The molecule has 2 N–H and O–H groups in total. The summed E-state index contributed by atoms with van der Waals surface area (Å²) in [7, 11) is 0. The Bertz CT molecular complexity index is 674. The van der Waals surface area contributed by atoms with Crippen LogP contribution in [0.3, 0.4) is 0 Å². The molecule has 2 aromatic rings. The molecule has 2 aromatic carbocycles. The summed E-state index contributed by atoms with van der Waals surface area (Å²) in [5.41, 5.74) is 1.84. The van der Waals surface area contributed by atoms with Crippen LogP contribution in [-0.2, 0) is 4.79 Å². The third-order valence-electron chi connectivity index (χ3n) is 3.72. The first kappa shape index (κ1) is 19.1. The molecule has 0 aromatic heterocycles. The lowest BCUT2D eigenvalue weighted by Crippen LogP contribution is -2.44. The Morgan fingerprint density at radius 1 is 0.960 bits per heavy atom. The summed E-state index contributed by atoms with van der Waals surface area (Å²) in [4.78, 5) is 12.4. The van der Waals surface area contributed by atoms with E-state index in [1.54, 1.807) is 0 Å². The standard InChI is InChI=1S/C19H22N2O3.ClH/c1-13(2)20-11-12-21-18(22)19-23-16-9-5-3-7-14(16)15-8-4-6-10-17(15)24-19;/h3-10,13,19-20H,11-12H2,1-2H3,(H,21,22);1H. The van der Waals surface area contributed by atoms with E-state index in [1.165, 1.54) is 0 Å². The van der Waals surface area contributed by atoms with Gasteiger partial charge in [0.15, 0.2) is 0 Å². The highest BCUT2D eigenvalue weighted by molar-refractivity contribution is 5.85. The smallest absolute Gasteiger partial charge is 0.321 e. The lowest BCUT2D eigenvalue weighted by molar-refractivity contribution is -0.139. The van der Waals surface area contributed by atoms with Gasteiger partial charge >= 0.3 is 12.2 Å². The van der Waals surface area contributed by atoms with Gasteiger partial charge in [-0.2, -0.15) is 0 Å². The first-order chi connectivity index (χ1) is 11.6. The fourth-order valence-corrected chi connectivity index (χ4v) is 2.58. The number of para-hydroxylation sites is 2. The van der Waals surface area contributed by atoms with Gasteiger partial charge in [0.1, 0.15) is 11.5 Å². The zero-order valence-electron chi connectivity index (χ0n) is 14.3. The average Bonchev–Trinajstić information content (AvgIpc) is 2.75. The predicted molar refractivity (Wildman–Crippen MR) is 100 cm³/mol. The van der Waals surface area contributed by atoms with Gasteiger partial charge in [0.25, 0.3) is 0 Å². The van der Waals surface area contributed by atoms with Crippen LogP contribution in [0.15, 0.2) is 48.5 Å².